The van der Waals surface area contributed by atoms with Gasteiger partial charge in [-0.1, -0.05) is 43.5 Å². The summed E-state index contributed by atoms with van der Waals surface area (Å²) < 4.78 is 22.2. The molecular formula is C51H66N10O9. The molecule has 2 aromatic carbocycles. The van der Waals surface area contributed by atoms with Gasteiger partial charge in [0, 0.05) is 93.7 Å². The van der Waals surface area contributed by atoms with Gasteiger partial charge in [0.15, 0.2) is 6.61 Å². The molecule has 4 amide bonds. The fraction of sp³-hybridized carbons (Fsp3) is 0.529. The molecule has 3 atom stereocenters. The molecule has 0 aliphatic carbocycles. The molecule has 19 nitrogen and oxygen atoms in total. The van der Waals surface area contributed by atoms with Crippen molar-refractivity contribution in [1.82, 2.24) is 34.5 Å². The van der Waals surface area contributed by atoms with Crippen LogP contribution >= 0.6 is 0 Å². The van der Waals surface area contributed by atoms with Gasteiger partial charge in [-0.15, -0.1) is 0 Å². The standard InChI is InChI=1S/C51H66N10O9/c1-8-55(5)47(63)35(3)30-67-44(62)33-70-50(65)57(7)27-38-16-12-23-61(38)51(66)69-31-36(4)48(64)60-26-25-59(28-39(60)19-21-52)46-41-20-24-58(43-18-10-15-37-14-9-13-34(2)45(37)43)29-42(41)53-49(54-46)68-32-40-17-11-22-56(40)6/h9-10,13-15,18,38-40H,3-4,8,11-12,16-17,19-20,22-33H2,1-2,5-7H3/t38-,39-,40-/m0/s1. The number of anilines is 2. The molecule has 4 aliphatic rings. The topological polar surface area (TPSA) is 195 Å². The Hall–Kier alpha value is -6.94. The molecule has 0 radical (unpaired) electrons. The van der Waals surface area contributed by atoms with Crippen LogP contribution in [-0.2, 0) is 41.6 Å². The Morgan fingerprint density at radius 1 is 0.829 bits per heavy atom. The summed E-state index contributed by atoms with van der Waals surface area (Å²) in [6, 6.07) is 14.7. The van der Waals surface area contributed by atoms with Crippen molar-refractivity contribution in [3.8, 4) is 12.1 Å². The maximum atomic E-state index is 14.0. The van der Waals surface area contributed by atoms with Crippen LogP contribution in [0.15, 0.2) is 60.7 Å². The number of esters is 1. The molecule has 1 aromatic heterocycles. The summed E-state index contributed by atoms with van der Waals surface area (Å²) in [4.78, 5) is 87.3. The summed E-state index contributed by atoms with van der Waals surface area (Å²) in [7, 11) is 5.19. The minimum Gasteiger partial charge on any atom is -0.462 e. The number of nitrogens with zero attached hydrogens (tertiary/aromatic N) is 10. The van der Waals surface area contributed by atoms with Crippen molar-refractivity contribution in [2.24, 2.45) is 0 Å². The summed E-state index contributed by atoms with van der Waals surface area (Å²) in [5, 5.41) is 12.4. The number of benzene rings is 2. The molecule has 4 aliphatic heterocycles. The molecule has 0 bridgehead atoms. The first kappa shape index (κ1) is 50.9. The van der Waals surface area contributed by atoms with E-state index in [0.717, 1.165) is 48.7 Å². The van der Waals surface area contributed by atoms with Crippen molar-refractivity contribution in [2.45, 2.75) is 77.0 Å². The van der Waals surface area contributed by atoms with Crippen LogP contribution < -0.4 is 14.5 Å². The SMILES string of the molecule is C=C(COC(=O)COC(=O)N(C)C[C@@H]1CCCN1C(=O)OCC(=C)C(=O)N1CCN(c2nc(OC[C@@H]3CCCN3C)nc3c2CCN(c2cccc4cccc(C)c24)C3)C[C@@H]1CC#N)C(=O)N(C)CC. The summed E-state index contributed by atoms with van der Waals surface area (Å²) in [5.41, 5.74) is 4.43. The summed E-state index contributed by atoms with van der Waals surface area (Å²) >= 11 is 0. The van der Waals surface area contributed by atoms with Gasteiger partial charge < -0.3 is 53.2 Å². The molecule has 3 fully saturated rings. The van der Waals surface area contributed by atoms with Crippen LogP contribution in [0.4, 0.5) is 21.1 Å². The smallest absolute Gasteiger partial charge is 0.410 e. The molecule has 7 rings (SSSR count). The molecule has 3 saturated heterocycles. The van der Waals surface area contributed by atoms with Gasteiger partial charge in [0.05, 0.1) is 36.8 Å². The second-order valence-corrected chi connectivity index (χ2v) is 18.6. The lowest BCUT2D eigenvalue weighted by Crippen LogP contribution is -2.56. The molecule has 0 unspecified atom stereocenters. The number of fused-ring (bicyclic) bond motifs is 2. The van der Waals surface area contributed by atoms with Gasteiger partial charge in [-0.25, -0.2) is 14.4 Å². The number of aromatic nitrogens is 2. The van der Waals surface area contributed by atoms with Crippen LogP contribution in [0.3, 0.4) is 0 Å². The molecule has 3 aromatic rings. The van der Waals surface area contributed by atoms with E-state index in [0.29, 0.717) is 64.6 Å². The zero-order chi connectivity index (χ0) is 50.1. The fourth-order valence-corrected chi connectivity index (χ4v) is 9.71. The van der Waals surface area contributed by atoms with Gasteiger partial charge in [0.25, 0.3) is 11.8 Å². The van der Waals surface area contributed by atoms with Crippen LogP contribution in [0.2, 0.25) is 0 Å². The summed E-state index contributed by atoms with van der Waals surface area (Å²) in [6.07, 6.45) is 2.69. The lowest BCUT2D eigenvalue weighted by atomic mass is 9.99. The first-order valence-electron chi connectivity index (χ1n) is 24.1. The van der Waals surface area contributed by atoms with E-state index in [2.05, 4.69) is 84.3 Å². The van der Waals surface area contributed by atoms with E-state index in [1.165, 1.54) is 38.1 Å². The Kier molecular flexibility index (Phi) is 16.8. The Balaban J connectivity index is 0.954. The average molecular weight is 963 g/mol. The number of ether oxygens (including phenoxy) is 4. The largest absolute Gasteiger partial charge is 0.462 e. The average Bonchev–Trinajstić information content (AvgIpc) is 4.02. The molecular weight excluding hydrogens is 897 g/mol. The van der Waals surface area contributed by atoms with E-state index in [1.54, 1.807) is 18.9 Å². The predicted molar refractivity (Wildman–Crippen MR) is 262 cm³/mol. The van der Waals surface area contributed by atoms with Gasteiger partial charge in [-0.3, -0.25) is 9.59 Å². The van der Waals surface area contributed by atoms with Gasteiger partial charge >= 0.3 is 24.2 Å². The number of hydrogen-bond acceptors (Lipinski definition) is 15. The zero-order valence-electron chi connectivity index (χ0n) is 41.2. The maximum Gasteiger partial charge on any atom is 0.410 e. The van der Waals surface area contributed by atoms with Gasteiger partial charge in [-0.05, 0) is 76.6 Å². The number of hydrogen-bond donors (Lipinski definition) is 0. The van der Waals surface area contributed by atoms with Crippen molar-refractivity contribution < 1.29 is 42.9 Å². The number of likely N-dealkylation sites (tertiary alicyclic amines) is 2. The van der Waals surface area contributed by atoms with Crippen LogP contribution in [0.1, 0.15) is 55.8 Å². The van der Waals surface area contributed by atoms with Gasteiger partial charge in [0.2, 0.25) is 0 Å². The van der Waals surface area contributed by atoms with Crippen LogP contribution in [0.5, 0.6) is 6.01 Å². The van der Waals surface area contributed by atoms with E-state index in [4.69, 9.17) is 28.9 Å². The quantitative estimate of drug-likeness (QED) is 0.103. The normalized spacial score (nSPS) is 19.0. The lowest BCUT2D eigenvalue weighted by Gasteiger charge is -2.42. The van der Waals surface area contributed by atoms with Crippen molar-refractivity contribution >= 4 is 52.2 Å². The molecule has 19 heteroatoms. The maximum absolute atomic E-state index is 14.0. The first-order valence-corrected chi connectivity index (χ1v) is 24.1. The van der Waals surface area contributed by atoms with E-state index in [9.17, 15) is 29.2 Å². The van der Waals surface area contributed by atoms with Crippen LogP contribution in [0.25, 0.3) is 10.8 Å². The van der Waals surface area contributed by atoms with E-state index in [-0.39, 0.29) is 55.8 Å². The van der Waals surface area contributed by atoms with E-state index in [1.807, 2.05) is 0 Å². The second kappa shape index (κ2) is 23.1. The first-order chi connectivity index (χ1) is 33.7. The number of carbonyl (C=O) groups excluding carboxylic acids is 5. The Morgan fingerprint density at radius 3 is 2.31 bits per heavy atom. The Labute approximate surface area is 410 Å². The number of aryl methyl sites for hydroxylation is 1. The van der Waals surface area contributed by atoms with Gasteiger partial charge in [-0.2, -0.15) is 15.2 Å². The highest BCUT2D eigenvalue weighted by Crippen LogP contribution is 2.36. The highest BCUT2D eigenvalue weighted by molar-refractivity contribution is 5.97. The summed E-state index contributed by atoms with van der Waals surface area (Å²) in [5.74, 6) is -0.860. The Bertz CT molecular complexity index is 2510. The number of carbonyl (C=O) groups is 5. The van der Waals surface area contributed by atoms with Crippen molar-refractivity contribution in [2.75, 3.05) is 110 Å². The molecule has 0 N–H and O–H groups in total. The van der Waals surface area contributed by atoms with Crippen molar-refractivity contribution in [3.05, 3.63) is 77.5 Å². The summed E-state index contributed by atoms with van der Waals surface area (Å²) in [6.45, 7) is 15.0. The highest BCUT2D eigenvalue weighted by atomic mass is 16.6. The predicted octanol–water partition coefficient (Wildman–Crippen LogP) is 4.71. The third kappa shape index (κ3) is 11.9. The van der Waals surface area contributed by atoms with Crippen molar-refractivity contribution in [1.29, 1.82) is 5.26 Å². The van der Waals surface area contributed by atoms with Crippen molar-refractivity contribution in [3.63, 3.8) is 0 Å². The van der Waals surface area contributed by atoms with Crippen LogP contribution in [-0.4, -0.2) is 182 Å². The third-order valence-electron chi connectivity index (χ3n) is 13.8. The molecule has 5 heterocycles. The monoisotopic (exact) mass is 963 g/mol. The lowest BCUT2D eigenvalue weighted by molar-refractivity contribution is -0.146. The molecule has 0 spiro atoms. The number of piperazine rings is 1. The minimum atomic E-state index is -0.844. The number of likely N-dealkylation sites (N-methyl/N-ethyl adjacent to an activating group) is 3. The fourth-order valence-electron chi connectivity index (χ4n) is 9.71. The van der Waals surface area contributed by atoms with E-state index >= 15 is 0 Å². The zero-order valence-corrected chi connectivity index (χ0v) is 41.2. The van der Waals surface area contributed by atoms with Gasteiger partial charge in [0.1, 0.15) is 25.6 Å². The molecule has 374 valence electrons. The molecule has 70 heavy (non-hydrogen) atoms. The molecule has 0 saturated carbocycles. The van der Waals surface area contributed by atoms with Crippen LogP contribution in [0, 0.1) is 18.3 Å². The highest BCUT2D eigenvalue weighted by Gasteiger charge is 2.37. The second-order valence-electron chi connectivity index (χ2n) is 18.6. The number of rotatable bonds is 17. The Morgan fingerprint density at radius 2 is 1.57 bits per heavy atom. The number of amides is 4. The minimum absolute atomic E-state index is 0.0639. The number of nitriles is 1. The third-order valence-corrected chi connectivity index (χ3v) is 13.8. The van der Waals surface area contributed by atoms with E-state index < -0.39 is 42.8 Å².